The topological polar surface area (TPSA) is 65.6 Å². The number of ether oxygens (including phenoxy) is 1. The average Bonchev–Trinajstić information content (AvgIpc) is 3.27. The molecule has 2 saturated heterocycles. The Morgan fingerprint density at radius 2 is 1.97 bits per heavy atom. The van der Waals surface area contributed by atoms with Gasteiger partial charge in [0.25, 0.3) is 0 Å². The van der Waals surface area contributed by atoms with Crippen molar-refractivity contribution in [1.82, 2.24) is 20.2 Å². The van der Waals surface area contributed by atoms with Gasteiger partial charge in [-0.2, -0.15) is 0 Å². The summed E-state index contributed by atoms with van der Waals surface area (Å²) >= 11 is 8.22. The van der Waals surface area contributed by atoms with E-state index in [4.69, 9.17) is 21.3 Å². The van der Waals surface area contributed by atoms with E-state index in [1.54, 1.807) is 17.5 Å². The van der Waals surface area contributed by atoms with Crippen molar-refractivity contribution >= 4 is 44.7 Å². The van der Waals surface area contributed by atoms with Crippen molar-refractivity contribution in [2.45, 2.75) is 6.42 Å². The Labute approximate surface area is 197 Å². The van der Waals surface area contributed by atoms with Gasteiger partial charge in [0.2, 0.25) is 5.95 Å². The summed E-state index contributed by atoms with van der Waals surface area (Å²) in [4.78, 5) is 15.1. The average molecular weight is 473 g/mol. The number of piperazine rings is 1. The molecule has 32 heavy (non-hydrogen) atoms. The van der Waals surface area contributed by atoms with Crippen LogP contribution in [0.15, 0.2) is 30.5 Å². The van der Waals surface area contributed by atoms with Crippen molar-refractivity contribution in [3.05, 3.63) is 35.5 Å². The maximum atomic E-state index is 6.49. The van der Waals surface area contributed by atoms with E-state index >= 15 is 0 Å². The fraction of sp³-hybridized carbons (Fsp3) is 0.478. The number of rotatable bonds is 7. The summed E-state index contributed by atoms with van der Waals surface area (Å²) in [5.74, 6) is 0.635. The van der Waals surface area contributed by atoms with Crippen LogP contribution in [0.4, 0.5) is 11.6 Å². The van der Waals surface area contributed by atoms with Crippen molar-refractivity contribution in [1.29, 1.82) is 0 Å². The SMILES string of the molecule is Clc1cnc(NCCCN2CCNCC2)nc1-c1cc2ccc(N3CCOCC3)cc2s1. The zero-order chi connectivity index (χ0) is 21.8. The van der Waals surface area contributed by atoms with E-state index in [0.29, 0.717) is 11.0 Å². The van der Waals surface area contributed by atoms with Crippen molar-refractivity contribution in [2.75, 3.05) is 75.8 Å². The van der Waals surface area contributed by atoms with E-state index in [-0.39, 0.29) is 0 Å². The van der Waals surface area contributed by atoms with Crippen LogP contribution in [0.3, 0.4) is 0 Å². The van der Waals surface area contributed by atoms with E-state index in [1.165, 1.54) is 15.8 Å². The second kappa shape index (κ2) is 10.3. The quantitative estimate of drug-likeness (QED) is 0.510. The third kappa shape index (κ3) is 5.15. The van der Waals surface area contributed by atoms with Gasteiger partial charge in [-0.05, 0) is 36.6 Å². The second-order valence-corrected chi connectivity index (χ2v) is 9.69. The zero-order valence-corrected chi connectivity index (χ0v) is 19.7. The molecule has 0 atom stereocenters. The molecule has 170 valence electrons. The predicted molar refractivity (Wildman–Crippen MR) is 133 cm³/mol. The van der Waals surface area contributed by atoms with Gasteiger partial charge in [0.05, 0.1) is 29.3 Å². The molecular weight excluding hydrogens is 444 g/mol. The first kappa shape index (κ1) is 21.9. The summed E-state index contributed by atoms with van der Waals surface area (Å²) in [5, 5.41) is 8.55. The molecule has 2 aliphatic heterocycles. The van der Waals surface area contributed by atoms with Gasteiger partial charge in [0.15, 0.2) is 0 Å². The Balaban J connectivity index is 1.27. The molecule has 0 radical (unpaired) electrons. The Morgan fingerprint density at radius 3 is 2.81 bits per heavy atom. The van der Waals surface area contributed by atoms with Crippen molar-refractivity contribution in [3.8, 4) is 10.6 Å². The van der Waals surface area contributed by atoms with Gasteiger partial charge >= 0.3 is 0 Å². The number of halogens is 1. The number of hydrogen-bond acceptors (Lipinski definition) is 8. The molecule has 0 aliphatic carbocycles. The fourth-order valence-corrected chi connectivity index (χ4v) is 5.57. The number of thiophene rings is 1. The summed E-state index contributed by atoms with van der Waals surface area (Å²) < 4.78 is 6.72. The molecule has 1 aromatic carbocycles. The van der Waals surface area contributed by atoms with Crippen LogP contribution in [-0.2, 0) is 4.74 Å². The van der Waals surface area contributed by atoms with E-state index < -0.39 is 0 Å². The summed E-state index contributed by atoms with van der Waals surface area (Å²) in [5.41, 5.74) is 2.04. The van der Waals surface area contributed by atoms with Crippen LogP contribution < -0.4 is 15.5 Å². The molecule has 2 fully saturated rings. The Bertz CT molecular complexity index is 1050. The first-order valence-electron chi connectivity index (χ1n) is 11.3. The minimum Gasteiger partial charge on any atom is -0.378 e. The minimum absolute atomic E-state index is 0.580. The first-order chi connectivity index (χ1) is 15.8. The molecule has 0 bridgehead atoms. The zero-order valence-electron chi connectivity index (χ0n) is 18.1. The number of fused-ring (bicyclic) bond motifs is 1. The van der Waals surface area contributed by atoms with E-state index in [0.717, 1.165) is 82.6 Å². The van der Waals surface area contributed by atoms with Crippen LogP contribution in [0.1, 0.15) is 6.42 Å². The van der Waals surface area contributed by atoms with E-state index in [2.05, 4.69) is 49.7 Å². The van der Waals surface area contributed by atoms with E-state index in [1.807, 2.05) is 0 Å². The number of anilines is 2. The van der Waals surface area contributed by atoms with E-state index in [9.17, 15) is 0 Å². The van der Waals surface area contributed by atoms with Crippen LogP contribution in [0.5, 0.6) is 0 Å². The molecule has 2 aromatic heterocycles. The standard InChI is InChI=1S/C23H29ClN6OS/c24-19-16-27-23(26-4-1-7-29-8-5-25-6-9-29)28-22(19)21-14-17-2-3-18(15-20(17)32-21)30-10-12-31-13-11-30/h2-3,14-16,25H,1,4-13H2,(H,26,27,28). The van der Waals surface area contributed by atoms with Gasteiger partial charge in [0.1, 0.15) is 5.69 Å². The highest BCUT2D eigenvalue weighted by molar-refractivity contribution is 7.22. The van der Waals surface area contributed by atoms with Gasteiger partial charge in [-0.25, -0.2) is 9.97 Å². The number of aromatic nitrogens is 2. The second-order valence-electron chi connectivity index (χ2n) is 8.19. The molecule has 9 heteroatoms. The van der Waals surface area contributed by atoms with Crippen LogP contribution in [0.2, 0.25) is 5.02 Å². The molecule has 0 unspecified atom stereocenters. The van der Waals surface area contributed by atoms with Crippen LogP contribution in [0, 0.1) is 0 Å². The van der Waals surface area contributed by atoms with Gasteiger partial charge in [-0.15, -0.1) is 11.3 Å². The Morgan fingerprint density at radius 1 is 1.12 bits per heavy atom. The maximum absolute atomic E-state index is 6.49. The molecule has 0 spiro atoms. The van der Waals surface area contributed by atoms with Crippen LogP contribution >= 0.6 is 22.9 Å². The highest BCUT2D eigenvalue weighted by atomic mass is 35.5. The minimum atomic E-state index is 0.580. The third-order valence-corrected chi connectivity index (χ3v) is 7.38. The number of morpholine rings is 1. The Hall–Kier alpha value is -1.97. The van der Waals surface area contributed by atoms with Crippen LogP contribution in [0.25, 0.3) is 20.7 Å². The summed E-state index contributed by atoms with van der Waals surface area (Å²) in [6.07, 6.45) is 2.76. The Kier molecular flexibility index (Phi) is 7.04. The maximum Gasteiger partial charge on any atom is 0.223 e. The monoisotopic (exact) mass is 472 g/mol. The number of benzene rings is 1. The lowest BCUT2D eigenvalue weighted by molar-refractivity contribution is 0.122. The van der Waals surface area contributed by atoms with Crippen molar-refractivity contribution < 1.29 is 4.74 Å². The molecule has 7 nitrogen and oxygen atoms in total. The van der Waals surface area contributed by atoms with Crippen molar-refractivity contribution in [2.24, 2.45) is 0 Å². The largest absolute Gasteiger partial charge is 0.378 e. The molecule has 0 saturated carbocycles. The first-order valence-corrected chi connectivity index (χ1v) is 12.5. The smallest absolute Gasteiger partial charge is 0.223 e. The fourth-order valence-electron chi connectivity index (χ4n) is 4.22. The predicted octanol–water partition coefficient (Wildman–Crippen LogP) is 3.56. The van der Waals surface area contributed by atoms with Crippen molar-refractivity contribution in [3.63, 3.8) is 0 Å². The molecule has 4 heterocycles. The lowest BCUT2D eigenvalue weighted by Gasteiger charge is -2.28. The number of nitrogens with one attached hydrogen (secondary N) is 2. The molecule has 5 rings (SSSR count). The summed E-state index contributed by atoms with van der Waals surface area (Å²) in [6.45, 7) is 9.81. The van der Waals surface area contributed by atoms with Gasteiger partial charge < -0.3 is 25.2 Å². The van der Waals surface area contributed by atoms with Gasteiger partial charge in [-0.1, -0.05) is 17.7 Å². The van der Waals surface area contributed by atoms with Crippen LogP contribution in [-0.4, -0.2) is 80.4 Å². The third-order valence-electron chi connectivity index (χ3n) is 6.00. The molecule has 2 N–H and O–H groups in total. The summed E-state index contributed by atoms with van der Waals surface area (Å²) in [7, 11) is 0. The molecule has 2 aliphatic rings. The molecule has 3 aromatic rings. The normalized spacial score (nSPS) is 17.7. The number of hydrogen-bond donors (Lipinski definition) is 2. The highest BCUT2D eigenvalue weighted by Crippen LogP contribution is 2.37. The number of nitrogens with zero attached hydrogens (tertiary/aromatic N) is 4. The van der Waals surface area contributed by atoms with Gasteiger partial charge in [0, 0.05) is 56.2 Å². The lowest BCUT2D eigenvalue weighted by Crippen LogP contribution is -2.44. The highest BCUT2D eigenvalue weighted by Gasteiger charge is 2.15. The molecule has 0 amide bonds. The lowest BCUT2D eigenvalue weighted by atomic mass is 10.2. The van der Waals surface area contributed by atoms with Gasteiger partial charge in [-0.3, -0.25) is 0 Å². The molecular formula is C23H29ClN6OS. The summed E-state index contributed by atoms with van der Waals surface area (Å²) in [6, 6.07) is 8.81.